The van der Waals surface area contributed by atoms with Crippen LogP contribution in [0.25, 0.3) is 0 Å². The molecule has 2 rings (SSSR count). The van der Waals surface area contributed by atoms with Crippen LogP contribution < -0.4 is 11.1 Å². The van der Waals surface area contributed by atoms with Crippen molar-refractivity contribution in [3.8, 4) is 0 Å². The number of aromatic nitrogens is 1. The zero-order valence-electron chi connectivity index (χ0n) is 11.1. The number of rotatable bonds is 3. The summed E-state index contributed by atoms with van der Waals surface area (Å²) in [6.07, 6.45) is 1.48. The van der Waals surface area contributed by atoms with E-state index < -0.39 is 0 Å². The molecule has 19 heavy (non-hydrogen) atoms. The van der Waals surface area contributed by atoms with E-state index in [9.17, 15) is 4.79 Å². The molecule has 98 valence electrons. The minimum atomic E-state index is -0.152. The van der Waals surface area contributed by atoms with E-state index in [1.54, 1.807) is 12.1 Å². The summed E-state index contributed by atoms with van der Waals surface area (Å²) < 4.78 is 0. The Labute approximate surface area is 112 Å². The number of amides is 1. The molecule has 3 N–H and O–H groups in total. The van der Waals surface area contributed by atoms with E-state index in [4.69, 9.17) is 5.73 Å². The van der Waals surface area contributed by atoms with Gasteiger partial charge in [0.2, 0.25) is 0 Å². The van der Waals surface area contributed by atoms with Crippen molar-refractivity contribution in [2.24, 2.45) is 0 Å². The fourth-order valence-electron chi connectivity index (χ4n) is 1.76. The third kappa shape index (κ3) is 3.31. The summed E-state index contributed by atoms with van der Waals surface area (Å²) in [5.41, 5.74) is 8.27. The van der Waals surface area contributed by atoms with Crippen LogP contribution in [0.1, 0.15) is 34.5 Å². The van der Waals surface area contributed by atoms with Gasteiger partial charge in [0.05, 0.1) is 11.6 Å². The zero-order valence-corrected chi connectivity index (χ0v) is 11.1. The van der Waals surface area contributed by atoms with Gasteiger partial charge < -0.3 is 11.1 Å². The van der Waals surface area contributed by atoms with E-state index in [-0.39, 0.29) is 11.9 Å². The second kappa shape index (κ2) is 5.52. The molecule has 1 aromatic heterocycles. The van der Waals surface area contributed by atoms with Crippen molar-refractivity contribution >= 4 is 11.7 Å². The number of carbonyl (C=O) groups is 1. The third-order valence-corrected chi connectivity index (χ3v) is 2.97. The van der Waals surface area contributed by atoms with Gasteiger partial charge in [0.1, 0.15) is 5.82 Å². The fraction of sp³-hybridized carbons (Fsp3) is 0.200. The van der Waals surface area contributed by atoms with Crippen molar-refractivity contribution in [3.05, 3.63) is 59.3 Å². The van der Waals surface area contributed by atoms with E-state index >= 15 is 0 Å². The van der Waals surface area contributed by atoms with Crippen molar-refractivity contribution in [2.45, 2.75) is 19.9 Å². The largest absolute Gasteiger partial charge is 0.384 e. The molecule has 0 bridgehead atoms. The monoisotopic (exact) mass is 255 g/mol. The first-order chi connectivity index (χ1) is 9.06. The van der Waals surface area contributed by atoms with Gasteiger partial charge in [-0.05, 0) is 31.5 Å². The molecule has 1 unspecified atom stereocenters. The molecule has 0 fully saturated rings. The number of aryl methyl sites for hydroxylation is 1. The number of anilines is 1. The number of nitrogens with one attached hydrogen (secondary N) is 1. The molecule has 4 nitrogen and oxygen atoms in total. The van der Waals surface area contributed by atoms with E-state index in [1.807, 2.05) is 38.1 Å². The zero-order chi connectivity index (χ0) is 13.8. The lowest BCUT2D eigenvalue weighted by molar-refractivity contribution is 0.0939. The number of nitrogens with two attached hydrogens (primary N) is 1. The molecular formula is C15H17N3O. The van der Waals surface area contributed by atoms with Crippen LogP contribution in [0, 0.1) is 6.92 Å². The molecule has 2 aromatic rings. The van der Waals surface area contributed by atoms with E-state index in [0.29, 0.717) is 11.4 Å². The van der Waals surface area contributed by atoms with E-state index in [1.165, 1.54) is 11.8 Å². The summed E-state index contributed by atoms with van der Waals surface area (Å²) in [6.45, 7) is 3.99. The second-order valence-electron chi connectivity index (χ2n) is 4.58. The van der Waals surface area contributed by atoms with Crippen molar-refractivity contribution in [1.29, 1.82) is 0 Å². The molecule has 0 aliphatic heterocycles. The fourth-order valence-corrected chi connectivity index (χ4v) is 1.76. The maximum Gasteiger partial charge on any atom is 0.253 e. The first kappa shape index (κ1) is 13.1. The molecule has 0 spiro atoms. The molecule has 4 heteroatoms. The maximum absolute atomic E-state index is 12.0. The highest BCUT2D eigenvalue weighted by atomic mass is 16.1. The Morgan fingerprint density at radius 2 is 1.89 bits per heavy atom. The Kier molecular flexibility index (Phi) is 3.80. The molecule has 1 atom stereocenters. The van der Waals surface area contributed by atoms with Gasteiger partial charge in [-0.15, -0.1) is 0 Å². The predicted octanol–water partition coefficient (Wildman–Crippen LogP) is 2.46. The number of carbonyl (C=O) groups excluding carboxylic acids is 1. The van der Waals surface area contributed by atoms with E-state index in [0.717, 1.165) is 5.56 Å². The molecular weight excluding hydrogens is 238 g/mol. The maximum atomic E-state index is 12.0. The van der Waals surface area contributed by atoms with Gasteiger partial charge >= 0.3 is 0 Å². The lowest BCUT2D eigenvalue weighted by atomic mass is 10.1. The van der Waals surface area contributed by atoms with Crippen molar-refractivity contribution in [2.75, 3.05) is 5.73 Å². The summed E-state index contributed by atoms with van der Waals surface area (Å²) in [5, 5.41) is 2.93. The molecule has 1 aromatic carbocycles. The Bertz CT molecular complexity index is 561. The van der Waals surface area contributed by atoms with Crippen molar-refractivity contribution < 1.29 is 4.79 Å². The SMILES string of the molecule is Cc1ccc(C(C)NC(=O)c2ccc(N)nc2)cc1. The number of hydrogen-bond acceptors (Lipinski definition) is 3. The number of benzene rings is 1. The predicted molar refractivity (Wildman–Crippen MR) is 75.7 cm³/mol. The topological polar surface area (TPSA) is 68.0 Å². The smallest absolute Gasteiger partial charge is 0.253 e. The van der Waals surface area contributed by atoms with Crippen LogP contribution in [-0.4, -0.2) is 10.9 Å². The van der Waals surface area contributed by atoms with Crippen LogP contribution in [0.15, 0.2) is 42.6 Å². The van der Waals surface area contributed by atoms with E-state index in [2.05, 4.69) is 10.3 Å². The Morgan fingerprint density at radius 1 is 1.21 bits per heavy atom. The molecule has 0 aliphatic carbocycles. The van der Waals surface area contributed by atoms with Gasteiger partial charge in [-0.3, -0.25) is 4.79 Å². The van der Waals surface area contributed by atoms with Gasteiger partial charge in [-0.25, -0.2) is 4.98 Å². The van der Waals surface area contributed by atoms with Gasteiger partial charge in [0.15, 0.2) is 0 Å². The lowest BCUT2D eigenvalue weighted by Crippen LogP contribution is -2.26. The molecule has 0 radical (unpaired) electrons. The van der Waals surface area contributed by atoms with Gasteiger partial charge in [0.25, 0.3) is 5.91 Å². The Balaban J connectivity index is 2.06. The molecule has 0 saturated carbocycles. The minimum absolute atomic E-state index is 0.0503. The van der Waals surface area contributed by atoms with Crippen LogP contribution in [0.5, 0.6) is 0 Å². The Morgan fingerprint density at radius 3 is 2.47 bits per heavy atom. The first-order valence-corrected chi connectivity index (χ1v) is 6.15. The quantitative estimate of drug-likeness (QED) is 0.885. The summed E-state index contributed by atoms with van der Waals surface area (Å²) in [4.78, 5) is 15.9. The number of hydrogen-bond donors (Lipinski definition) is 2. The van der Waals surface area contributed by atoms with Gasteiger partial charge in [0, 0.05) is 6.20 Å². The normalized spacial score (nSPS) is 11.9. The molecule has 0 saturated heterocycles. The van der Waals surface area contributed by atoms with Crippen molar-refractivity contribution in [1.82, 2.24) is 10.3 Å². The first-order valence-electron chi connectivity index (χ1n) is 6.15. The molecule has 1 heterocycles. The van der Waals surface area contributed by atoms with Crippen LogP contribution >= 0.6 is 0 Å². The van der Waals surface area contributed by atoms with Crippen molar-refractivity contribution in [3.63, 3.8) is 0 Å². The highest BCUT2D eigenvalue weighted by Crippen LogP contribution is 2.14. The summed E-state index contributed by atoms with van der Waals surface area (Å²) in [7, 11) is 0. The minimum Gasteiger partial charge on any atom is -0.384 e. The van der Waals surface area contributed by atoms with Crippen LogP contribution in [0.3, 0.4) is 0 Å². The number of nitrogen functional groups attached to an aromatic ring is 1. The standard InChI is InChI=1S/C15H17N3O/c1-10-3-5-12(6-4-10)11(2)18-15(19)13-7-8-14(16)17-9-13/h3-9,11H,1-2H3,(H2,16,17)(H,18,19). The molecule has 0 aliphatic rings. The van der Waals surface area contributed by atoms with Crippen LogP contribution in [0.2, 0.25) is 0 Å². The average Bonchev–Trinajstić information content (AvgIpc) is 2.40. The highest BCUT2D eigenvalue weighted by molar-refractivity contribution is 5.94. The Hall–Kier alpha value is -2.36. The van der Waals surface area contributed by atoms with Crippen LogP contribution in [0.4, 0.5) is 5.82 Å². The third-order valence-electron chi connectivity index (χ3n) is 2.97. The lowest BCUT2D eigenvalue weighted by Gasteiger charge is -2.14. The van der Waals surface area contributed by atoms with Crippen LogP contribution in [-0.2, 0) is 0 Å². The second-order valence-corrected chi connectivity index (χ2v) is 4.58. The number of pyridine rings is 1. The molecule has 1 amide bonds. The highest BCUT2D eigenvalue weighted by Gasteiger charge is 2.11. The van der Waals surface area contributed by atoms with Gasteiger partial charge in [-0.1, -0.05) is 29.8 Å². The summed E-state index contributed by atoms with van der Waals surface area (Å²) in [6, 6.07) is 11.3. The summed E-state index contributed by atoms with van der Waals surface area (Å²) >= 11 is 0. The number of nitrogens with zero attached hydrogens (tertiary/aromatic N) is 1. The average molecular weight is 255 g/mol. The van der Waals surface area contributed by atoms with Gasteiger partial charge in [-0.2, -0.15) is 0 Å². The summed E-state index contributed by atoms with van der Waals surface area (Å²) in [5.74, 6) is 0.253.